The molecule has 0 atom stereocenters. The molecule has 0 unspecified atom stereocenters. The first-order valence-corrected chi connectivity index (χ1v) is 8.26. The maximum absolute atomic E-state index is 12.2. The van der Waals surface area contributed by atoms with Crippen LogP contribution in [0.4, 0.5) is 0 Å². The third-order valence-corrected chi connectivity index (χ3v) is 3.84. The Labute approximate surface area is 152 Å². The number of hydrogen-bond donors (Lipinski definition) is 1. The van der Waals surface area contributed by atoms with E-state index in [4.69, 9.17) is 9.47 Å². The van der Waals surface area contributed by atoms with Gasteiger partial charge in [-0.2, -0.15) is 0 Å². The van der Waals surface area contributed by atoms with Crippen LogP contribution in [0, 0.1) is 11.8 Å². The Morgan fingerprint density at radius 2 is 1.65 bits per heavy atom. The van der Waals surface area contributed by atoms with Gasteiger partial charge in [-0.25, -0.2) is 0 Å². The van der Waals surface area contributed by atoms with Gasteiger partial charge in [0.05, 0.1) is 13.7 Å². The van der Waals surface area contributed by atoms with E-state index in [0.29, 0.717) is 17.1 Å². The molecule has 3 rings (SSSR count). The highest BCUT2D eigenvalue weighted by Gasteiger charge is 2.04. The molecule has 0 saturated carbocycles. The van der Waals surface area contributed by atoms with Crippen molar-refractivity contribution in [3.8, 4) is 23.3 Å². The Morgan fingerprint density at radius 1 is 0.923 bits per heavy atom. The normalized spacial score (nSPS) is 9.88. The summed E-state index contributed by atoms with van der Waals surface area (Å²) < 4.78 is 10.8. The number of para-hydroxylation sites is 2. The van der Waals surface area contributed by atoms with Crippen molar-refractivity contribution >= 4 is 16.7 Å². The van der Waals surface area contributed by atoms with Gasteiger partial charge in [-0.3, -0.25) is 4.79 Å². The Kier molecular flexibility index (Phi) is 5.74. The van der Waals surface area contributed by atoms with Crippen LogP contribution in [0.5, 0.6) is 11.5 Å². The highest BCUT2D eigenvalue weighted by molar-refractivity contribution is 5.98. The average molecular weight is 345 g/mol. The van der Waals surface area contributed by atoms with E-state index in [1.54, 1.807) is 7.11 Å². The summed E-state index contributed by atoms with van der Waals surface area (Å²) in [5.74, 6) is 6.93. The number of fused-ring (bicyclic) bond motifs is 1. The summed E-state index contributed by atoms with van der Waals surface area (Å²) in [7, 11) is 1.59. The fraction of sp³-hybridized carbons (Fsp3) is 0.136. The molecule has 26 heavy (non-hydrogen) atoms. The standard InChI is InChI=1S/C22H19NO3/c1-25-20-10-4-5-11-21(20)26-15-7-6-14-23-22(24)19-13-12-17-8-2-3-9-18(17)16-19/h2-5,8-13,16H,14-15H2,1H3,(H,23,24). The smallest absolute Gasteiger partial charge is 0.252 e. The molecule has 0 bridgehead atoms. The fourth-order valence-electron chi connectivity index (χ4n) is 2.52. The molecule has 0 spiro atoms. The van der Waals surface area contributed by atoms with E-state index in [2.05, 4.69) is 17.2 Å². The van der Waals surface area contributed by atoms with E-state index in [9.17, 15) is 4.79 Å². The summed E-state index contributed by atoms with van der Waals surface area (Å²) in [4.78, 5) is 12.2. The van der Waals surface area contributed by atoms with Crippen LogP contribution in [0.2, 0.25) is 0 Å². The zero-order valence-electron chi connectivity index (χ0n) is 14.5. The van der Waals surface area contributed by atoms with E-state index >= 15 is 0 Å². The predicted molar refractivity (Wildman–Crippen MR) is 103 cm³/mol. The highest BCUT2D eigenvalue weighted by atomic mass is 16.5. The van der Waals surface area contributed by atoms with Gasteiger partial charge in [0, 0.05) is 5.56 Å². The molecule has 0 saturated heterocycles. The van der Waals surface area contributed by atoms with Crippen LogP contribution in [0.25, 0.3) is 10.8 Å². The van der Waals surface area contributed by atoms with Crippen molar-refractivity contribution in [3.05, 3.63) is 72.3 Å². The number of rotatable bonds is 5. The molecule has 0 aromatic heterocycles. The molecule has 3 aromatic rings. The molecule has 0 radical (unpaired) electrons. The lowest BCUT2D eigenvalue weighted by molar-refractivity contribution is 0.0959. The maximum Gasteiger partial charge on any atom is 0.252 e. The second-order valence-electron chi connectivity index (χ2n) is 5.54. The van der Waals surface area contributed by atoms with Crippen LogP contribution in [0.15, 0.2) is 66.7 Å². The molecule has 0 fully saturated rings. The third kappa shape index (κ3) is 4.34. The number of nitrogens with one attached hydrogen (secondary N) is 1. The van der Waals surface area contributed by atoms with Crippen molar-refractivity contribution in [3.63, 3.8) is 0 Å². The first-order chi connectivity index (χ1) is 12.8. The number of hydrogen-bond acceptors (Lipinski definition) is 3. The molecule has 0 heterocycles. The van der Waals surface area contributed by atoms with E-state index in [0.717, 1.165) is 10.8 Å². The SMILES string of the molecule is COc1ccccc1OCC#CCNC(=O)c1ccc2ccccc2c1. The van der Waals surface area contributed by atoms with E-state index in [1.807, 2.05) is 66.7 Å². The van der Waals surface area contributed by atoms with Crippen LogP contribution in [-0.4, -0.2) is 26.2 Å². The van der Waals surface area contributed by atoms with Crippen LogP contribution < -0.4 is 14.8 Å². The lowest BCUT2D eigenvalue weighted by Gasteiger charge is -2.07. The molecule has 3 aromatic carbocycles. The van der Waals surface area contributed by atoms with Gasteiger partial charge in [0.1, 0.15) is 6.61 Å². The Balaban J connectivity index is 1.50. The molecule has 4 nitrogen and oxygen atoms in total. The number of amides is 1. The van der Waals surface area contributed by atoms with Gasteiger partial charge in [0.25, 0.3) is 5.91 Å². The molecule has 1 N–H and O–H groups in total. The Bertz CT molecular complexity index is 970. The maximum atomic E-state index is 12.2. The first kappa shape index (κ1) is 17.4. The quantitative estimate of drug-likeness (QED) is 0.718. The van der Waals surface area contributed by atoms with Gasteiger partial charge in [0.15, 0.2) is 11.5 Å². The second kappa shape index (κ2) is 8.59. The number of methoxy groups -OCH3 is 1. The zero-order valence-corrected chi connectivity index (χ0v) is 14.5. The van der Waals surface area contributed by atoms with Gasteiger partial charge in [-0.15, -0.1) is 0 Å². The lowest BCUT2D eigenvalue weighted by atomic mass is 10.1. The minimum atomic E-state index is -0.143. The van der Waals surface area contributed by atoms with Crippen molar-refractivity contribution < 1.29 is 14.3 Å². The summed E-state index contributed by atoms with van der Waals surface area (Å²) in [6.45, 7) is 0.493. The van der Waals surface area contributed by atoms with Crippen LogP contribution in [0.1, 0.15) is 10.4 Å². The molecular formula is C22H19NO3. The molecule has 0 aliphatic carbocycles. The number of benzene rings is 3. The average Bonchev–Trinajstić information content (AvgIpc) is 2.70. The van der Waals surface area contributed by atoms with Gasteiger partial charge in [-0.1, -0.05) is 54.3 Å². The summed E-state index contributed by atoms with van der Waals surface area (Å²) >= 11 is 0. The van der Waals surface area contributed by atoms with Gasteiger partial charge in [-0.05, 0) is 35.0 Å². The molecule has 0 aliphatic heterocycles. The van der Waals surface area contributed by atoms with Gasteiger partial charge in [0.2, 0.25) is 0 Å². The van der Waals surface area contributed by atoms with Crippen molar-refractivity contribution in [2.45, 2.75) is 0 Å². The predicted octanol–water partition coefficient (Wildman–Crippen LogP) is 3.66. The molecule has 1 amide bonds. The van der Waals surface area contributed by atoms with E-state index in [-0.39, 0.29) is 19.1 Å². The van der Waals surface area contributed by atoms with Gasteiger partial charge >= 0.3 is 0 Å². The summed E-state index contributed by atoms with van der Waals surface area (Å²) in [6.07, 6.45) is 0. The fourth-order valence-corrected chi connectivity index (χ4v) is 2.52. The van der Waals surface area contributed by atoms with Gasteiger partial charge < -0.3 is 14.8 Å². The molecular weight excluding hydrogens is 326 g/mol. The largest absolute Gasteiger partial charge is 0.493 e. The van der Waals surface area contributed by atoms with Crippen molar-refractivity contribution in [2.24, 2.45) is 0 Å². The number of carbonyl (C=O) groups excluding carboxylic acids is 1. The Hall–Kier alpha value is -3.45. The number of ether oxygens (including phenoxy) is 2. The lowest BCUT2D eigenvalue weighted by Crippen LogP contribution is -2.23. The van der Waals surface area contributed by atoms with Crippen LogP contribution in [0.3, 0.4) is 0 Å². The molecule has 4 heteroatoms. The van der Waals surface area contributed by atoms with Crippen molar-refractivity contribution in [2.75, 3.05) is 20.3 Å². The zero-order chi connectivity index (χ0) is 18.2. The van der Waals surface area contributed by atoms with E-state index in [1.165, 1.54) is 0 Å². The minimum Gasteiger partial charge on any atom is -0.493 e. The minimum absolute atomic E-state index is 0.143. The summed E-state index contributed by atoms with van der Waals surface area (Å²) in [5.41, 5.74) is 0.621. The van der Waals surface area contributed by atoms with Crippen LogP contribution in [-0.2, 0) is 0 Å². The molecule has 130 valence electrons. The monoisotopic (exact) mass is 345 g/mol. The van der Waals surface area contributed by atoms with E-state index < -0.39 is 0 Å². The summed E-state index contributed by atoms with van der Waals surface area (Å²) in [5, 5.41) is 4.94. The Morgan fingerprint density at radius 3 is 2.46 bits per heavy atom. The first-order valence-electron chi connectivity index (χ1n) is 8.26. The van der Waals surface area contributed by atoms with Crippen molar-refractivity contribution in [1.29, 1.82) is 0 Å². The summed E-state index contributed by atoms with van der Waals surface area (Å²) in [6, 6.07) is 21.0. The second-order valence-corrected chi connectivity index (χ2v) is 5.54. The highest BCUT2D eigenvalue weighted by Crippen LogP contribution is 2.25. The topological polar surface area (TPSA) is 47.6 Å². The van der Waals surface area contributed by atoms with Crippen molar-refractivity contribution in [1.82, 2.24) is 5.32 Å². The number of carbonyl (C=O) groups is 1. The third-order valence-electron chi connectivity index (χ3n) is 3.84. The molecule has 0 aliphatic rings. The van der Waals surface area contributed by atoms with Crippen LogP contribution >= 0.6 is 0 Å².